The van der Waals surface area contributed by atoms with Crippen LogP contribution in [0.3, 0.4) is 0 Å². The van der Waals surface area contributed by atoms with E-state index in [1.165, 1.54) is 10.8 Å². The third-order valence-electron chi connectivity index (χ3n) is 10.1. The summed E-state index contributed by atoms with van der Waals surface area (Å²) in [5.41, 5.74) is 8.40. The molecule has 0 amide bonds. The minimum atomic E-state index is 0.602. The van der Waals surface area contributed by atoms with E-state index >= 15 is 0 Å². The van der Waals surface area contributed by atoms with E-state index < -0.39 is 0 Å². The minimum absolute atomic E-state index is 0.602. The second kappa shape index (κ2) is 11.2. The predicted molar refractivity (Wildman–Crippen MR) is 211 cm³/mol. The molecule has 242 valence electrons. The molecule has 0 aliphatic heterocycles. The van der Waals surface area contributed by atoms with Crippen molar-refractivity contribution in [2.24, 2.45) is 0 Å². The van der Waals surface area contributed by atoms with E-state index in [4.69, 9.17) is 23.8 Å². The molecule has 0 N–H and O–H groups in total. The van der Waals surface area contributed by atoms with Gasteiger partial charge in [-0.2, -0.15) is 0 Å². The zero-order chi connectivity index (χ0) is 34.2. The lowest BCUT2D eigenvalue weighted by molar-refractivity contribution is 0.669. The normalized spacial score (nSPS) is 11.8. The maximum Gasteiger partial charge on any atom is 0.164 e. The van der Waals surface area contributed by atoms with Crippen molar-refractivity contribution in [3.63, 3.8) is 0 Å². The van der Waals surface area contributed by atoms with Crippen molar-refractivity contribution in [3.8, 4) is 45.3 Å². The molecule has 0 aliphatic rings. The van der Waals surface area contributed by atoms with Gasteiger partial charge in [0.2, 0.25) is 0 Å². The molecule has 0 fully saturated rings. The van der Waals surface area contributed by atoms with Gasteiger partial charge in [-0.05, 0) is 75.1 Å². The van der Waals surface area contributed by atoms with Crippen molar-refractivity contribution in [1.82, 2.24) is 15.0 Å². The SMILES string of the molecule is c1ccc(-c2nc(-c3ccccc3)nc(-c3cccc4oc5cc6cc(-c7cccc8oc9cc%10ccccc%10cc9c78)ccc6cc5c34)n2)cc1. The van der Waals surface area contributed by atoms with Gasteiger partial charge in [-0.1, -0.05) is 121 Å². The molecule has 0 saturated carbocycles. The van der Waals surface area contributed by atoms with Gasteiger partial charge in [0.05, 0.1) is 0 Å². The molecule has 0 unspecified atom stereocenters. The first kappa shape index (κ1) is 28.7. The molecule has 52 heavy (non-hydrogen) atoms. The third-order valence-corrected chi connectivity index (χ3v) is 10.1. The van der Waals surface area contributed by atoms with E-state index in [0.717, 1.165) is 82.5 Å². The molecular weight excluding hydrogens is 639 g/mol. The van der Waals surface area contributed by atoms with Crippen molar-refractivity contribution in [2.75, 3.05) is 0 Å². The summed E-state index contributed by atoms with van der Waals surface area (Å²) in [4.78, 5) is 15.0. The smallest absolute Gasteiger partial charge is 0.164 e. The molecule has 5 nitrogen and oxygen atoms in total. The van der Waals surface area contributed by atoms with Crippen LogP contribution in [0.2, 0.25) is 0 Å². The summed E-state index contributed by atoms with van der Waals surface area (Å²) in [6, 6.07) is 56.3. The number of hydrogen-bond donors (Lipinski definition) is 0. The average molecular weight is 666 g/mol. The fourth-order valence-corrected chi connectivity index (χ4v) is 7.60. The van der Waals surface area contributed by atoms with Crippen LogP contribution in [0.1, 0.15) is 0 Å². The topological polar surface area (TPSA) is 65.0 Å². The summed E-state index contributed by atoms with van der Waals surface area (Å²) in [5, 5.41) is 8.82. The average Bonchev–Trinajstić information content (AvgIpc) is 3.76. The number of nitrogens with zero attached hydrogens (tertiary/aromatic N) is 3. The second-order valence-corrected chi connectivity index (χ2v) is 13.2. The van der Waals surface area contributed by atoms with E-state index in [9.17, 15) is 0 Å². The van der Waals surface area contributed by atoms with Gasteiger partial charge in [0.1, 0.15) is 22.3 Å². The number of furan rings is 2. The predicted octanol–water partition coefficient (Wildman–Crippen LogP) is 12.6. The maximum atomic E-state index is 6.57. The number of hydrogen-bond acceptors (Lipinski definition) is 5. The molecule has 11 aromatic rings. The van der Waals surface area contributed by atoms with Crippen LogP contribution in [0.15, 0.2) is 173 Å². The van der Waals surface area contributed by atoms with E-state index in [1.54, 1.807) is 0 Å². The Hall–Kier alpha value is -7.11. The Labute approximate surface area is 297 Å². The molecule has 0 aliphatic carbocycles. The van der Waals surface area contributed by atoms with E-state index in [2.05, 4.69) is 91.0 Å². The lowest BCUT2D eigenvalue weighted by Gasteiger charge is -2.09. The van der Waals surface area contributed by atoms with Crippen LogP contribution in [0.4, 0.5) is 0 Å². The highest BCUT2D eigenvalue weighted by atomic mass is 16.3. The Morgan fingerprint density at radius 2 is 0.808 bits per heavy atom. The van der Waals surface area contributed by atoms with Gasteiger partial charge >= 0.3 is 0 Å². The quantitative estimate of drug-likeness (QED) is 0.187. The van der Waals surface area contributed by atoms with Crippen LogP contribution < -0.4 is 0 Å². The fourth-order valence-electron chi connectivity index (χ4n) is 7.60. The Balaban J connectivity index is 1.08. The molecule has 0 atom stereocenters. The van der Waals surface area contributed by atoms with Gasteiger partial charge in [0.25, 0.3) is 0 Å². The molecular formula is C47H27N3O2. The molecule has 0 radical (unpaired) electrons. The molecule has 3 heterocycles. The van der Waals surface area contributed by atoms with Crippen LogP contribution in [0, 0.1) is 0 Å². The molecule has 0 bridgehead atoms. The Bertz CT molecular complexity index is 3120. The van der Waals surface area contributed by atoms with Gasteiger partial charge in [-0.15, -0.1) is 0 Å². The van der Waals surface area contributed by atoms with Crippen molar-refractivity contribution in [3.05, 3.63) is 164 Å². The Morgan fingerprint density at radius 3 is 1.44 bits per heavy atom. The van der Waals surface area contributed by atoms with Crippen molar-refractivity contribution in [1.29, 1.82) is 0 Å². The minimum Gasteiger partial charge on any atom is -0.456 e. The van der Waals surface area contributed by atoms with Crippen LogP contribution in [-0.4, -0.2) is 15.0 Å². The van der Waals surface area contributed by atoms with Gasteiger partial charge in [-0.3, -0.25) is 0 Å². The number of fused-ring (bicyclic) bond motifs is 8. The second-order valence-electron chi connectivity index (χ2n) is 13.2. The van der Waals surface area contributed by atoms with Crippen molar-refractivity contribution >= 4 is 65.4 Å². The van der Waals surface area contributed by atoms with E-state index in [1.807, 2.05) is 72.8 Å². The van der Waals surface area contributed by atoms with Crippen LogP contribution >= 0.6 is 0 Å². The summed E-state index contributed by atoms with van der Waals surface area (Å²) < 4.78 is 13.0. The number of benzene rings is 8. The molecule has 0 spiro atoms. The summed E-state index contributed by atoms with van der Waals surface area (Å²) in [7, 11) is 0. The number of rotatable bonds is 4. The first-order valence-corrected chi connectivity index (χ1v) is 17.3. The third kappa shape index (κ3) is 4.53. The summed E-state index contributed by atoms with van der Waals surface area (Å²) >= 11 is 0. The highest BCUT2D eigenvalue weighted by molar-refractivity contribution is 6.17. The zero-order valence-corrected chi connectivity index (χ0v) is 27.7. The molecule has 8 aromatic carbocycles. The fraction of sp³-hybridized carbons (Fsp3) is 0. The molecule has 11 rings (SSSR count). The highest BCUT2D eigenvalue weighted by Gasteiger charge is 2.19. The lowest BCUT2D eigenvalue weighted by atomic mass is 9.95. The van der Waals surface area contributed by atoms with Gasteiger partial charge in [0.15, 0.2) is 17.5 Å². The standard InChI is InChI=1S/C47H27N3O2/c1-3-11-28(12-4-1)45-48-46(29-13-5-2-6-14-29)50-47(49-45)36-18-10-20-40-44(36)38-25-32-21-22-33(23-34(32)27-42(38)52-40)35-17-9-19-39-43(35)37-24-30-15-7-8-16-31(30)26-41(37)51-39/h1-27H. The zero-order valence-electron chi connectivity index (χ0n) is 27.7. The van der Waals surface area contributed by atoms with Crippen molar-refractivity contribution in [2.45, 2.75) is 0 Å². The summed E-state index contributed by atoms with van der Waals surface area (Å²) in [6.07, 6.45) is 0. The monoisotopic (exact) mass is 665 g/mol. The molecule has 0 saturated heterocycles. The summed E-state index contributed by atoms with van der Waals surface area (Å²) in [5.74, 6) is 1.85. The van der Waals surface area contributed by atoms with Gasteiger partial charge in [0, 0.05) is 38.2 Å². The van der Waals surface area contributed by atoms with Crippen LogP contribution in [0.5, 0.6) is 0 Å². The first-order valence-electron chi connectivity index (χ1n) is 17.3. The molecule has 3 aromatic heterocycles. The lowest BCUT2D eigenvalue weighted by Crippen LogP contribution is -2.00. The van der Waals surface area contributed by atoms with Crippen molar-refractivity contribution < 1.29 is 8.83 Å². The highest BCUT2D eigenvalue weighted by Crippen LogP contribution is 2.41. The largest absolute Gasteiger partial charge is 0.456 e. The van der Waals surface area contributed by atoms with Gasteiger partial charge < -0.3 is 8.83 Å². The first-order chi connectivity index (χ1) is 25.7. The van der Waals surface area contributed by atoms with Crippen LogP contribution in [0.25, 0.3) is 111 Å². The van der Waals surface area contributed by atoms with E-state index in [0.29, 0.717) is 17.5 Å². The summed E-state index contributed by atoms with van der Waals surface area (Å²) in [6.45, 7) is 0. The molecule has 5 heteroatoms. The number of aromatic nitrogens is 3. The Kier molecular flexibility index (Phi) is 6.18. The maximum absolute atomic E-state index is 6.57. The Morgan fingerprint density at radius 1 is 0.308 bits per heavy atom. The van der Waals surface area contributed by atoms with Gasteiger partial charge in [-0.25, -0.2) is 15.0 Å². The van der Waals surface area contributed by atoms with Crippen LogP contribution in [-0.2, 0) is 0 Å². The van der Waals surface area contributed by atoms with E-state index in [-0.39, 0.29) is 0 Å².